The van der Waals surface area contributed by atoms with Gasteiger partial charge in [-0.2, -0.15) is 0 Å². The molecule has 0 bridgehead atoms. The third-order valence-corrected chi connectivity index (χ3v) is 5.45. The maximum absolute atomic E-state index is 13.5. The Morgan fingerprint density at radius 2 is 1.43 bits per heavy atom. The summed E-state index contributed by atoms with van der Waals surface area (Å²) in [5.41, 5.74) is 1.41. The zero-order valence-electron chi connectivity index (χ0n) is 20.0. The molecule has 4 rings (SSSR count). The maximum Gasteiger partial charge on any atom is 0.344 e. The van der Waals surface area contributed by atoms with Crippen LogP contribution in [0.3, 0.4) is 0 Å². The van der Waals surface area contributed by atoms with E-state index in [0.29, 0.717) is 28.0 Å². The van der Waals surface area contributed by atoms with Crippen LogP contribution in [0.15, 0.2) is 63.8 Å². The SMILES string of the molecule is COc1ccc(-c2oc3ccc(C)cc3c(=O)c2OC(=O)c2cc(OC)c(OC)c(OC)c2)cc1. The lowest BCUT2D eigenvalue weighted by Gasteiger charge is -2.14. The number of ether oxygens (including phenoxy) is 5. The van der Waals surface area contributed by atoms with Gasteiger partial charge in [-0.25, -0.2) is 4.79 Å². The molecule has 3 aromatic carbocycles. The third-order valence-electron chi connectivity index (χ3n) is 5.45. The largest absolute Gasteiger partial charge is 0.497 e. The summed E-state index contributed by atoms with van der Waals surface area (Å²) in [4.78, 5) is 26.7. The number of rotatable bonds is 7. The Balaban J connectivity index is 1.87. The van der Waals surface area contributed by atoms with Crippen molar-refractivity contribution in [1.29, 1.82) is 0 Å². The van der Waals surface area contributed by atoms with Gasteiger partial charge in [0, 0.05) is 5.56 Å². The molecular weight excluding hydrogens is 452 g/mol. The molecule has 4 aromatic rings. The van der Waals surface area contributed by atoms with Crippen LogP contribution in [0.1, 0.15) is 15.9 Å². The molecule has 8 nitrogen and oxygen atoms in total. The van der Waals surface area contributed by atoms with Crippen LogP contribution in [0.4, 0.5) is 0 Å². The number of fused-ring (bicyclic) bond motifs is 1. The highest BCUT2D eigenvalue weighted by Crippen LogP contribution is 2.39. The first-order valence-corrected chi connectivity index (χ1v) is 10.6. The van der Waals surface area contributed by atoms with E-state index in [9.17, 15) is 9.59 Å². The smallest absolute Gasteiger partial charge is 0.344 e. The van der Waals surface area contributed by atoms with Gasteiger partial charge in [0.2, 0.25) is 16.9 Å². The number of methoxy groups -OCH3 is 4. The Morgan fingerprint density at radius 1 is 0.771 bits per heavy atom. The lowest BCUT2D eigenvalue weighted by Crippen LogP contribution is -2.16. The fraction of sp³-hybridized carbons (Fsp3) is 0.185. The topological polar surface area (TPSA) is 93.4 Å². The molecule has 0 amide bonds. The van der Waals surface area contributed by atoms with Crippen molar-refractivity contribution in [3.8, 4) is 40.1 Å². The third kappa shape index (κ3) is 4.50. The van der Waals surface area contributed by atoms with Crippen LogP contribution in [0, 0.1) is 6.92 Å². The summed E-state index contributed by atoms with van der Waals surface area (Å²) in [6.45, 7) is 1.86. The highest BCUT2D eigenvalue weighted by Gasteiger charge is 2.24. The quantitative estimate of drug-likeness (QED) is 0.343. The van der Waals surface area contributed by atoms with Crippen LogP contribution < -0.4 is 29.1 Å². The van der Waals surface area contributed by atoms with E-state index in [2.05, 4.69) is 0 Å². The second kappa shape index (κ2) is 9.80. The normalized spacial score (nSPS) is 10.7. The maximum atomic E-state index is 13.5. The number of benzene rings is 3. The lowest BCUT2D eigenvalue weighted by atomic mass is 10.1. The fourth-order valence-electron chi connectivity index (χ4n) is 3.67. The van der Waals surface area contributed by atoms with E-state index in [1.807, 2.05) is 13.0 Å². The van der Waals surface area contributed by atoms with Crippen molar-refractivity contribution in [2.45, 2.75) is 6.92 Å². The molecule has 0 aliphatic heterocycles. The minimum atomic E-state index is -0.793. The molecule has 1 heterocycles. The highest BCUT2D eigenvalue weighted by atomic mass is 16.5. The number of carbonyl (C=O) groups excluding carboxylic acids is 1. The molecule has 0 aliphatic carbocycles. The van der Waals surface area contributed by atoms with Gasteiger partial charge in [-0.05, 0) is 55.5 Å². The van der Waals surface area contributed by atoms with Crippen molar-refractivity contribution in [2.75, 3.05) is 28.4 Å². The van der Waals surface area contributed by atoms with E-state index in [0.717, 1.165) is 5.56 Å². The predicted octanol–water partition coefficient (Wildman–Crippen LogP) is 5.02. The molecule has 8 heteroatoms. The number of carbonyl (C=O) groups is 1. The van der Waals surface area contributed by atoms with Gasteiger partial charge in [0.05, 0.1) is 39.4 Å². The average Bonchev–Trinajstić information content (AvgIpc) is 2.89. The van der Waals surface area contributed by atoms with Crippen molar-refractivity contribution in [3.05, 3.63) is 75.9 Å². The zero-order chi connectivity index (χ0) is 25.1. The molecule has 0 saturated carbocycles. The molecule has 0 N–H and O–H groups in total. The van der Waals surface area contributed by atoms with Gasteiger partial charge in [-0.15, -0.1) is 0 Å². The van der Waals surface area contributed by atoms with Gasteiger partial charge < -0.3 is 28.1 Å². The molecular formula is C27H24O8. The first-order chi connectivity index (χ1) is 16.9. The summed E-state index contributed by atoms with van der Waals surface area (Å²) in [5.74, 6) is 0.598. The van der Waals surface area contributed by atoms with Gasteiger partial charge >= 0.3 is 5.97 Å². The molecule has 35 heavy (non-hydrogen) atoms. The number of aryl methyl sites for hydroxylation is 1. The van der Waals surface area contributed by atoms with E-state index in [-0.39, 0.29) is 28.6 Å². The van der Waals surface area contributed by atoms with Gasteiger partial charge in [-0.1, -0.05) is 11.6 Å². The second-order valence-electron chi connectivity index (χ2n) is 7.62. The molecule has 0 radical (unpaired) electrons. The number of hydrogen-bond acceptors (Lipinski definition) is 8. The van der Waals surface area contributed by atoms with Crippen molar-refractivity contribution in [2.24, 2.45) is 0 Å². The van der Waals surface area contributed by atoms with E-state index in [1.54, 1.807) is 43.5 Å². The van der Waals surface area contributed by atoms with Crippen LogP contribution in [-0.2, 0) is 0 Å². The van der Waals surface area contributed by atoms with Gasteiger partial charge in [0.15, 0.2) is 17.3 Å². The minimum absolute atomic E-state index is 0.101. The van der Waals surface area contributed by atoms with Crippen molar-refractivity contribution < 1.29 is 32.9 Å². The van der Waals surface area contributed by atoms with Crippen LogP contribution in [-0.4, -0.2) is 34.4 Å². The van der Waals surface area contributed by atoms with Crippen molar-refractivity contribution >= 4 is 16.9 Å². The molecule has 0 saturated heterocycles. The van der Waals surface area contributed by atoms with Gasteiger partial charge in [0.25, 0.3) is 0 Å². The summed E-state index contributed by atoms with van der Waals surface area (Å²) in [5, 5.41) is 0.301. The summed E-state index contributed by atoms with van der Waals surface area (Å²) in [6, 6.07) is 15.0. The summed E-state index contributed by atoms with van der Waals surface area (Å²) >= 11 is 0. The van der Waals surface area contributed by atoms with E-state index >= 15 is 0 Å². The van der Waals surface area contributed by atoms with E-state index in [4.69, 9.17) is 28.1 Å². The van der Waals surface area contributed by atoms with E-state index in [1.165, 1.54) is 33.5 Å². The van der Waals surface area contributed by atoms with Gasteiger partial charge in [0.1, 0.15) is 11.3 Å². The lowest BCUT2D eigenvalue weighted by molar-refractivity contribution is 0.0730. The molecule has 0 unspecified atom stereocenters. The summed E-state index contributed by atoms with van der Waals surface area (Å²) < 4.78 is 32.9. The molecule has 1 aromatic heterocycles. The van der Waals surface area contributed by atoms with Gasteiger partial charge in [-0.3, -0.25) is 4.79 Å². The van der Waals surface area contributed by atoms with Crippen LogP contribution >= 0.6 is 0 Å². The fourth-order valence-corrected chi connectivity index (χ4v) is 3.67. The highest BCUT2D eigenvalue weighted by molar-refractivity contribution is 5.94. The van der Waals surface area contributed by atoms with E-state index < -0.39 is 11.4 Å². The Hall–Kier alpha value is -4.46. The Labute approximate surface area is 201 Å². The number of hydrogen-bond donors (Lipinski definition) is 0. The van der Waals surface area contributed by atoms with Crippen LogP contribution in [0.2, 0.25) is 0 Å². The second-order valence-corrected chi connectivity index (χ2v) is 7.62. The standard InChI is InChI=1S/C27H24O8/c1-15-6-11-20-19(12-15)23(28)26(24(34-20)16-7-9-18(30-2)10-8-16)35-27(29)17-13-21(31-3)25(33-5)22(14-17)32-4/h6-14H,1-5H3. The predicted molar refractivity (Wildman–Crippen MR) is 130 cm³/mol. The first-order valence-electron chi connectivity index (χ1n) is 10.6. The zero-order valence-corrected chi connectivity index (χ0v) is 20.0. The summed E-state index contributed by atoms with van der Waals surface area (Å²) in [7, 11) is 5.89. The molecule has 0 aliphatic rings. The summed E-state index contributed by atoms with van der Waals surface area (Å²) in [6.07, 6.45) is 0. The molecule has 0 fully saturated rings. The molecule has 180 valence electrons. The Bertz CT molecular complexity index is 1430. The molecule has 0 spiro atoms. The van der Waals surface area contributed by atoms with Crippen molar-refractivity contribution in [1.82, 2.24) is 0 Å². The van der Waals surface area contributed by atoms with Crippen LogP contribution in [0.5, 0.6) is 28.7 Å². The minimum Gasteiger partial charge on any atom is -0.497 e. The average molecular weight is 476 g/mol. The Morgan fingerprint density at radius 3 is 2.00 bits per heavy atom. The molecule has 0 atom stereocenters. The first kappa shape index (κ1) is 23.7. The Kier molecular flexibility index (Phi) is 6.64. The number of esters is 1. The van der Waals surface area contributed by atoms with Crippen LogP contribution in [0.25, 0.3) is 22.3 Å². The van der Waals surface area contributed by atoms with Crippen molar-refractivity contribution in [3.63, 3.8) is 0 Å². The monoisotopic (exact) mass is 476 g/mol.